The van der Waals surface area contributed by atoms with Crippen LogP contribution in [0.25, 0.3) is 0 Å². The Hall–Kier alpha value is -0.710. The summed E-state index contributed by atoms with van der Waals surface area (Å²) in [5, 5.41) is 11.6. The molecule has 0 aromatic carbocycles. The quantitative estimate of drug-likeness (QED) is 0.772. The van der Waals surface area contributed by atoms with E-state index in [1.54, 1.807) is 11.8 Å². The second kappa shape index (κ2) is 5.57. The van der Waals surface area contributed by atoms with Crippen LogP contribution in [0.1, 0.15) is 39.5 Å². The van der Waals surface area contributed by atoms with Crippen molar-refractivity contribution in [1.29, 1.82) is 0 Å². The van der Waals surface area contributed by atoms with Gasteiger partial charge in [0.25, 0.3) is 0 Å². The molecule has 0 saturated carbocycles. The molecule has 4 nitrogen and oxygen atoms in total. The smallest absolute Gasteiger partial charge is 0.326 e. The predicted octanol–water partition coefficient (Wildman–Crippen LogP) is 1.64. The Bertz CT molecular complexity index is 274. The first-order valence-electron chi connectivity index (χ1n) is 5.67. The molecule has 1 aliphatic rings. The number of aliphatic carboxylic acids is 1. The van der Waals surface area contributed by atoms with Gasteiger partial charge in [-0.2, -0.15) is 0 Å². The van der Waals surface area contributed by atoms with Crippen LogP contribution in [0.4, 0.5) is 0 Å². The van der Waals surface area contributed by atoms with Crippen LogP contribution in [0.3, 0.4) is 0 Å². The molecule has 0 spiro atoms. The molecule has 1 aliphatic heterocycles. The minimum atomic E-state index is -0.943. The zero-order chi connectivity index (χ0) is 12.2. The molecule has 92 valence electrons. The fourth-order valence-corrected chi connectivity index (χ4v) is 3.03. The third kappa shape index (κ3) is 3.14. The molecule has 1 unspecified atom stereocenters. The van der Waals surface area contributed by atoms with Crippen LogP contribution >= 0.6 is 11.8 Å². The van der Waals surface area contributed by atoms with Gasteiger partial charge in [-0.15, -0.1) is 11.8 Å². The summed E-state index contributed by atoms with van der Waals surface area (Å²) in [5.74, 6) is -0.0900. The summed E-state index contributed by atoms with van der Waals surface area (Å²) in [6.07, 6.45) is 3.10. The summed E-state index contributed by atoms with van der Waals surface area (Å²) < 4.78 is -0.429. The lowest BCUT2D eigenvalue weighted by Crippen LogP contribution is -2.48. The lowest BCUT2D eigenvalue weighted by molar-refractivity contribution is -0.142. The monoisotopic (exact) mass is 245 g/mol. The van der Waals surface area contributed by atoms with Crippen LogP contribution in [0.15, 0.2) is 0 Å². The van der Waals surface area contributed by atoms with Crippen molar-refractivity contribution < 1.29 is 14.7 Å². The van der Waals surface area contributed by atoms with Crippen LogP contribution in [0.5, 0.6) is 0 Å². The van der Waals surface area contributed by atoms with E-state index in [1.165, 1.54) is 0 Å². The van der Waals surface area contributed by atoms with Crippen molar-refractivity contribution in [1.82, 2.24) is 5.32 Å². The maximum atomic E-state index is 12.0. The van der Waals surface area contributed by atoms with Gasteiger partial charge in [-0.05, 0) is 31.9 Å². The van der Waals surface area contributed by atoms with E-state index in [9.17, 15) is 9.59 Å². The van der Waals surface area contributed by atoms with E-state index in [4.69, 9.17) is 5.11 Å². The Morgan fingerprint density at radius 1 is 1.56 bits per heavy atom. The first-order chi connectivity index (χ1) is 7.49. The van der Waals surface area contributed by atoms with Crippen LogP contribution in [0.2, 0.25) is 0 Å². The van der Waals surface area contributed by atoms with Crippen molar-refractivity contribution in [3.05, 3.63) is 0 Å². The van der Waals surface area contributed by atoms with Gasteiger partial charge in [0.05, 0.1) is 4.75 Å². The highest BCUT2D eigenvalue weighted by Gasteiger charge is 2.38. The molecule has 1 amide bonds. The van der Waals surface area contributed by atoms with Gasteiger partial charge in [-0.25, -0.2) is 4.79 Å². The Morgan fingerprint density at radius 3 is 2.69 bits per heavy atom. The standard InChI is InChI=1S/C11H19NO3S/c1-3-5-8(9(13)14)12-10(15)11(2)6-4-7-16-11/h8H,3-7H2,1-2H3,(H,12,15)(H,13,14)/t8-,11?/m1/s1. The number of carbonyl (C=O) groups excluding carboxylic acids is 1. The maximum absolute atomic E-state index is 12.0. The molecule has 0 aromatic rings. The number of hydrogen-bond donors (Lipinski definition) is 2. The first kappa shape index (κ1) is 13.4. The fraction of sp³-hybridized carbons (Fsp3) is 0.818. The summed E-state index contributed by atoms with van der Waals surface area (Å²) >= 11 is 1.62. The van der Waals surface area contributed by atoms with Gasteiger partial charge >= 0.3 is 5.97 Å². The van der Waals surface area contributed by atoms with Crippen molar-refractivity contribution in [3.8, 4) is 0 Å². The normalized spacial score (nSPS) is 26.4. The lowest BCUT2D eigenvalue weighted by Gasteiger charge is -2.24. The van der Waals surface area contributed by atoms with Crippen molar-refractivity contribution in [3.63, 3.8) is 0 Å². The number of carbonyl (C=O) groups is 2. The minimum absolute atomic E-state index is 0.129. The van der Waals surface area contributed by atoms with Gasteiger partial charge in [0, 0.05) is 0 Å². The van der Waals surface area contributed by atoms with Crippen molar-refractivity contribution in [2.24, 2.45) is 0 Å². The molecule has 0 bridgehead atoms. The van der Waals surface area contributed by atoms with Crippen LogP contribution < -0.4 is 5.32 Å². The van der Waals surface area contributed by atoms with Crippen LogP contribution in [-0.2, 0) is 9.59 Å². The number of nitrogens with one attached hydrogen (secondary N) is 1. The Balaban J connectivity index is 2.57. The van der Waals surface area contributed by atoms with Gasteiger partial charge in [0.1, 0.15) is 6.04 Å². The topological polar surface area (TPSA) is 66.4 Å². The molecule has 1 rings (SSSR count). The average molecular weight is 245 g/mol. The van der Waals surface area contributed by atoms with Crippen molar-refractivity contribution in [2.75, 3.05) is 5.75 Å². The highest BCUT2D eigenvalue weighted by molar-refractivity contribution is 8.01. The summed E-state index contributed by atoms with van der Waals surface area (Å²) in [6, 6.07) is -0.740. The van der Waals surface area contributed by atoms with Gasteiger partial charge in [0.15, 0.2) is 0 Å². The lowest BCUT2D eigenvalue weighted by atomic mass is 10.0. The van der Waals surface area contributed by atoms with E-state index < -0.39 is 16.8 Å². The highest BCUT2D eigenvalue weighted by atomic mass is 32.2. The van der Waals surface area contributed by atoms with E-state index >= 15 is 0 Å². The molecule has 16 heavy (non-hydrogen) atoms. The highest BCUT2D eigenvalue weighted by Crippen LogP contribution is 2.37. The molecule has 2 N–H and O–H groups in total. The molecule has 1 heterocycles. The number of carboxylic acid groups (broad SMARTS) is 1. The Labute approximate surface area is 100 Å². The predicted molar refractivity (Wildman–Crippen MR) is 64.6 cm³/mol. The number of hydrogen-bond acceptors (Lipinski definition) is 3. The van der Waals surface area contributed by atoms with E-state index in [-0.39, 0.29) is 5.91 Å². The summed E-state index contributed by atoms with van der Waals surface area (Å²) in [5.41, 5.74) is 0. The summed E-state index contributed by atoms with van der Waals surface area (Å²) in [6.45, 7) is 3.80. The molecule has 5 heteroatoms. The van der Waals surface area contributed by atoms with Gasteiger partial charge < -0.3 is 10.4 Å². The largest absolute Gasteiger partial charge is 0.480 e. The number of rotatable bonds is 5. The SMILES string of the molecule is CCC[C@@H](NC(=O)C1(C)CCCS1)C(=O)O. The number of thioether (sulfide) groups is 1. The molecule has 1 saturated heterocycles. The number of amides is 1. The van der Waals surface area contributed by atoms with Crippen LogP contribution in [-0.4, -0.2) is 33.5 Å². The minimum Gasteiger partial charge on any atom is -0.480 e. The zero-order valence-electron chi connectivity index (χ0n) is 9.78. The molecule has 1 fully saturated rings. The Kier molecular flexibility index (Phi) is 4.65. The molecule has 0 aliphatic carbocycles. The molecular formula is C11H19NO3S. The fourth-order valence-electron chi connectivity index (χ4n) is 1.82. The second-order valence-electron chi connectivity index (χ2n) is 4.34. The third-order valence-corrected chi connectivity index (χ3v) is 4.40. The number of carboxylic acids is 1. The second-order valence-corrected chi connectivity index (χ2v) is 5.93. The maximum Gasteiger partial charge on any atom is 0.326 e. The zero-order valence-corrected chi connectivity index (χ0v) is 10.6. The van der Waals surface area contributed by atoms with E-state index in [0.29, 0.717) is 6.42 Å². The van der Waals surface area contributed by atoms with E-state index in [0.717, 1.165) is 25.0 Å². The molecule has 0 radical (unpaired) electrons. The van der Waals surface area contributed by atoms with Crippen molar-refractivity contribution >= 4 is 23.6 Å². The average Bonchev–Trinajstić information content (AvgIpc) is 2.65. The summed E-state index contributed by atoms with van der Waals surface area (Å²) in [7, 11) is 0. The van der Waals surface area contributed by atoms with Crippen molar-refractivity contribution in [2.45, 2.75) is 50.3 Å². The van der Waals surface area contributed by atoms with Gasteiger partial charge in [0.2, 0.25) is 5.91 Å². The summed E-state index contributed by atoms with van der Waals surface area (Å²) in [4.78, 5) is 22.9. The van der Waals surface area contributed by atoms with Crippen LogP contribution in [0, 0.1) is 0 Å². The Morgan fingerprint density at radius 2 is 2.25 bits per heavy atom. The molecular weight excluding hydrogens is 226 g/mol. The third-order valence-electron chi connectivity index (χ3n) is 2.88. The van der Waals surface area contributed by atoms with E-state index in [1.807, 2.05) is 13.8 Å². The van der Waals surface area contributed by atoms with Gasteiger partial charge in [-0.3, -0.25) is 4.79 Å². The first-order valence-corrected chi connectivity index (χ1v) is 6.66. The molecule has 2 atom stereocenters. The van der Waals surface area contributed by atoms with Gasteiger partial charge in [-0.1, -0.05) is 13.3 Å². The molecule has 0 aromatic heterocycles. The van der Waals surface area contributed by atoms with E-state index in [2.05, 4.69) is 5.32 Å².